The fourth-order valence-electron chi connectivity index (χ4n) is 2.56. The van der Waals surface area contributed by atoms with E-state index in [1.807, 2.05) is 7.05 Å². The number of hydrogen-bond donors (Lipinski definition) is 1. The Morgan fingerprint density at radius 2 is 2.18 bits per heavy atom. The van der Waals surface area contributed by atoms with E-state index in [9.17, 15) is 0 Å². The predicted molar refractivity (Wildman–Crippen MR) is 71.5 cm³/mol. The van der Waals surface area contributed by atoms with Gasteiger partial charge in [0.05, 0.1) is 6.61 Å². The fraction of sp³-hybridized carbons (Fsp3) is 0.600. The SMILES string of the molecule is CNC(CC(C)C)c1cccc2c1OCCC2. The van der Waals surface area contributed by atoms with E-state index in [0.29, 0.717) is 12.0 Å². The summed E-state index contributed by atoms with van der Waals surface area (Å²) in [7, 11) is 2.04. The first-order valence-electron chi connectivity index (χ1n) is 6.64. The number of nitrogens with one attached hydrogen (secondary N) is 1. The van der Waals surface area contributed by atoms with Crippen LogP contribution in [0.1, 0.15) is 43.9 Å². The Hall–Kier alpha value is -1.02. The van der Waals surface area contributed by atoms with Crippen molar-refractivity contribution in [1.82, 2.24) is 5.32 Å². The number of fused-ring (bicyclic) bond motifs is 1. The van der Waals surface area contributed by atoms with E-state index >= 15 is 0 Å². The van der Waals surface area contributed by atoms with Crippen LogP contribution in [0.3, 0.4) is 0 Å². The first kappa shape index (κ1) is 12.4. The molecule has 17 heavy (non-hydrogen) atoms. The third kappa shape index (κ3) is 2.81. The van der Waals surface area contributed by atoms with Gasteiger partial charge < -0.3 is 10.1 Å². The third-order valence-corrected chi connectivity index (χ3v) is 3.39. The number of ether oxygens (including phenoxy) is 1. The Balaban J connectivity index is 2.29. The summed E-state index contributed by atoms with van der Waals surface area (Å²) < 4.78 is 5.88. The molecule has 0 aliphatic carbocycles. The summed E-state index contributed by atoms with van der Waals surface area (Å²) in [5.41, 5.74) is 2.70. The van der Waals surface area contributed by atoms with Gasteiger partial charge in [-0.1, -0.05) is 32.0 Å². The quantitative estimate of drug-likeness (QED) is 0.861. The van der Waals surface area contributed by atoms with Crippen LogP contribution in [0, 0.1) is 5.92 Å². The van der Waals surface area contributed by atoms with Crippen LogP contribution in [0.25, 0.3) is 0 Å². The number of para-hydroxylation sites is 1. The summed E-state index contributed by atoms with van der Waals surface area (Å²) in [6.45, 7) is 5.39. The van der Waals surface area contributed by atoms with Crippen molar-refractivity contribution in [2.45, 2.75) is 39.2 Å². The largest absolute Gasteiger partial charge is 0.493 e. The zero-order valence-corrected chi connectivity index (χ0v) is 11.1. The van der Waals surface area contributed by atoms with Crippen molar-refractivity contribution in [1.29, 1.82) is 0 Å². The van der Waals surface area contributed by atoms with E-state index in [2.05, 4.69) is 37.4 Å². The Labute approximate surface area is 104 Å². The van der Waals surface area contributed by atoms with Crippen LogP contribution in [0.4, 0.5) is 0 Å². The van der Waals surface area contributed by atoms with Crippen molar-refractivity contribution in [3.63, 3.8) is 0 Å². The highest BCUT2D eigenvalue weighted by Gasteiger charge is 2.20. The van der Waals surface area contributed by atoms with Gasteiger partial charge in [0.15, 0.2) is 0 Å². The molecule has 0 saturated carbocycles. The lowest BCUT2D eigenvalue weighted by Crippen LogP contribution is -2.21. The summed E-state index contributed by atoms with van der Waals surface area (Å²) in [6, 6.07) is 6.96. The third-order valence-electron chi connectivity index (χ3n) is 3.39. The molecule has 2 rings (SSSR count). The molecule has 2 nitrogen and oxygen atoms in total. The molecule has 0 saturated heterocycles. The van der Waals surface area contributed by atoms with Crippen LogP contribution >= 0.6 is 0 Å². The first-order chi connectivity index (χ1) is 8.22. The zero-order valence-electron chi connectivity index (χ0n) is 11.1. The summed E-state index contributed by atoms with van der Waals surface area (Å²) in [4.78, 5) is 0. The lowest BCUT2D eigenvalue weighted by Gasteiger charge is -2.26. The Morgan fingerprint density at radius 1 is 1.35 bits per heavy atom. The molecule has 1 aliphatic rings. The Morgan fingerprint density at radius 3 is 2.88 bits per heavy atom. The highest BCUT2D eigenvalue weighted by Crippen LogP contribution is 2.34. The Kier molecular flexibility index (Phi) is 4.06. The van der Waals surface area contributed by atoms with Gasteiger partial charge >= 0.3 is 0 Å². The molecule has 0 aromatic heterocycles. The summed E-state index contributed by atoms with van der Waals surface area (Å²) in [5, 5.41) is 3.42. The normalized spacial score (nSPS) is 16.5. The molecule has 1 aliphatic heterocycles. The minimum atomic E-state index is 0.406. The second kappa shape index (κ2) is 5.54. The van der Waals surface area contributed by atoms with E-state index < -0.39 is 0 Å². The molecule has 1 N–H and O–H groups in total. The predicted octanol–water partition coefficient (Wildman–Crippen LogP) is 3.32. The second-order valence-corrected chi connectivity index (χ2v) is 5.26. The lowest BCUT2D eigenvalue weighted by atomic mass is 9.93. The van der Waals surface area contributed by atoms with Crippen molar-refractivity contribution in [3.05, 3.63) is 29.3 Å². The second-order valence-electron chi connectivity index (χ2n) is 5.26. The molecule has 0 bridgehead atoms. The lowest BCUT2D eigenvalue weighted by molar-refractivity contribution is 0.280. The standard InChI is InChI=1S/C15H23NO/c1-11(2)10-14(16-3)13-8-4-6-12-7-5-9-17-15(12)13/h4,6,8,11,14,16H,5,7,9-10H2,1-3H3. The average molecular weight is 233 g/mol. The van der Waals surface area contributed by atoms with Gasteiger partial charge in [0.2, 0.25) is 0 Å². The molecule has 1 heterocycles. The molecule has 1 unspecified atom stereocenters. The molecule has 94 valence electrons. The molecule has 0 amide bonds. The number of hydrogen-bond acceptors (Lipinski definition) is 2. The van der Waals surface area contributed by atoms with Gasteiger partial charge in [0.25, 0.3) is 0 Å². The summed E-state index contributed by atoms with van der Waals surface area (Å²) >= 11 is 0. The maximum absolute atomic E-state index is 5.88. The van der Waals surface area contributed by atoms with E-state index in [0.717, 1.165) is 31.6 Å². The highest BCUT2D eigenvalue weighted by molar-refractivity contribution is 5.44. The van der Waals surface area contributed by atoms with Gasteiger partial charge in [0, 0.05) is 11.6 Å². The molecule has 1 aromatic rings. The van der Waals surface area contributed by atoms with Gasteiger partial charge in [-0.15, -0.1) is 0 Å². The highest BCUT2D eigenvalue weighted by atomic mass is 16.5. The Bertz CT molecular complexity index is 373. The van der Waals surface area contributed by atoms with Crippen molar-refractivity contribution in [2.24, 2.45) is 5.92 Å². The maximum Gasteiger partial charge on any atom is 0.127 e. The minimum Gasteiger partial charge on any atom is -0.493 e. The van der Waals surface area contributed by atoms with Crippen molar-refractivity contribution in [2.75, 3.05) is 13.7 Å². The number of aryl methyl sites for hydroxylation is 1. The molecule has 1 aromatic carbocycles. The molecular weight excluding hydrogens is 210 g/mol. The molecule has 1 atom stereocenters. The van der Waals surface area contributed by atoms with Gasteiger partial charge in [-0.05, 0) is 37.8 Å². The van der Waals surface area contributed by atoms with Gasteiger partial charge in [0.1, 0.15) is 5.75 Å². The van der Waals surface area contributed by atoms with Gasteiger partial charge in [-0.25, -0.2) is 0 Å². The molecule has 2 heteroatoms. The summed E-state index contributed by atoms with van der Waals surface area (Å²) in [5.74, 6) is 1.82. The van der Waals surface area contributed by atoms with Crippen LogP contribution < -0.4 is 10.1 Å². The van der Waals surface area contributed by atoms with Crippen LogP contribution in [0.2, 0.25) is 0 Å². The molecular formula is C15H23NO. The van der Waals surface area contributed by atoms with Crippen LogP contribution in [0.15, 0.2) is 18.2 Å². The van der Waals surface area contributed by atoms with E-state index in [1.165, 1.54) is 11.1 Å². The van der Waals surface area contributed by atoms with Gasteiger partial charge in [-0.3, -0.25) is 0 Å². The van der Waals surface area contributed by atoms with E-state index in [-0.39, 0.29) is 0 Å². The zero-order chi connectivity index (χ0) is 12.3. The van der Waals surface area contributed by atoms with Crippen LogP contribution in [-0.4, -0.2) is 13.7 Å². The summed E-state index contributed by atoms with van der Waals surface area (Å²) in [6.07, 6.45) is 3.45. The van der Waals surface area contributed by atoms with E-state index in [4.69, 9.17) is 4.74 Å². The first-order valence-corrected chi connectivity index (χ1v) is 6.64. The van der Waals surface area contributed by atoms with Gasteiger partial charge in [-0.2, -0.15) is 0 Å². The molecule has 0 spiro atoms. The van der Waals surface area contributed by atoms with Crippen molar-refractivity contribution >= 4 is 0 Å². The van der Waals surface area contributed by atoms with E-state index in [1.54, 1.807) is 0 Å². The molecule has 0 fully saturated rings. The number of benzene rings is 1. The topological polar surface area (TPSA) is 21.3 Å². The monoisotopic (exact) mass is 233 g/mol. The van der Waals surface area contributed by atoms with Crippen molar-refractivity contribution < 1.29 is 4.74 Å². The fourth-order valence-corrected chi connectivity index (χ4v) is 2.56. The maximum atomic E-state index is 5.88. The smallest absolute Gasteiger partial charge is 0.127 e. The molecule has 0 radical (unpaired) electrons. The average Bonchev–Trinajstić information content (AvgIpc) is 2.35. The van der Waals surface area contributed by atoms with Crippen LogP contribution in [0.5, 0.6) is 5.75 Å². The van der Waals surface area contributed by atoms with Crippen molar-refractivity contribution in [3.8, 4) is 5.75 Å². The van der Waals surface area contributed by atoms with Crippen LogP contribution in [-0.2, 0) is 6.42 Å². The minimum absolute atomic E-state index is 0.406. The number of rotatable bonds is 4.